The van der Waals surface area contributed by atoms with Gasteiger partial charge in [0, 0.05) is 31.2 Å². The van der Waals surface area contributed by atoms with E-state index in [9.17, 15) is 27.6 Å². The van der Waals surface area contributed by atoms with Crippen molar-refractivity contribution in [2.45, 2.75) is 76.0 Å². The summed E-state index contributed by atoms with van der Waals surface area (Å²) in [5.41, 5.74) is 1.95. The van der Waals surface area contributed by atoms with Crippen molar-refractivity contribution in [3.63, 3.8) is 0 Å². The van der Waals surface area contributed by atoms with Gasteiger partial charge in [-0.1, -0.05) is 48.5 Å². The number of aryl methyl sites for hydroxylation is 2. The molecule has 2 atom stereocenters. The van der Waals surface area contributed by atoms with Crippen molar-refractivity contribution in [3.05, 3.63) is 95.6 Å². The van der Waals surface area contributed by atoms with Crippen molar-refractivity contribution in [2.24, 2.45) is 5.92 Å². The van der Waals surface area contributed by atoms with Gasteiger partial charge >= 0.3 is 6.09 Å². The minimum absolute atomic E-state index is 0.127. The molecule has 1 aliphatic rings. The van der Waals surface area contributed by atoms with Gasteiger partial charge in [-0.25, -0.2) is 18.2 Å². The number of para-hydroxylation sites is 2. The number of carbonyl (C=O) groups is 4. The second-order valence-electron chi connectivity index (χ2n) is 14.0. The van der Waals surface area contributed by atoms with Gasteiger partial charge < -0.3 is 24.7 Å². The fraction of sp³-hybridized carbons (Fsp3) is 0.421. The molecule has 276 valence electrons. The number of hydrogen-bond donors (Lipinski definition) is 2. The zero-order valence-electron chi connectivity index (χ0n) is 29.8. The van der Waals surface area contributed by atoms with Gasteiger partial charge in [0.25, 0.3) is 5.89 Å². The minimum Gasteiger partial charge on any atom is -0.444 e. The SMILES string of the molecule is Cc1cccc(CS(=O)(=O)C(CNC(=O)C2CCN(C(=O)OC(C)(C)C)CC2)C(=O)NC(CCc2ccccc2)C(=O)c2nc3ccccc3o2)n1. The number of fused-ring (bicyclic) bond motifs is 1. The highest BCUT2D eigenvalue weighted by Gasteiger charge is 2.38. The van der Waals surface area contributed by atoms with E-state index in [1.54, 1.807) is 70.2 Å². The number of Topliss-reactive ketones (excluding diaryl/α,β-unsaturated/α-hetero) is 1. The largest absolute Gasteiger partial charge is 0.444 e. The average molecular weight is 732 g/mol. The number of oxazole rings is 1. The molecule has 0 aliphatic carbocycles. The summed E-state index contributed by atoms with van der Waals surface area (Å²) in [6, 6.07) is 20.0. The topological polar surface area (TPSA) is 178 Å². The number of likely N-dealkylation sites (tertiary alicyclic amines) is 1. The van der Waals surface area contributed by atoms with Crippen molar-refractivity contribution in [1.82, 2.24) is 25.5 Å². The van der Waals surface area contributed by atoms with E-state index in [-0.39, 0.29) is 31.1 Å². The third-order valence-corrected chi connectivity index (χ3v) is 10.6. The maximum Gasteiger partial charge on any atom is 0.410 e. The van der Waals surface area contributed by atoms with Crippen molar-refractivity contribution < 1.29 is 36.7 Å². The number of piperidine rings is 1. The molecule has 2 aromatic carbocycles. The maximum atomic E-state index is 14.1. The van der Waals surface area contributed by atoms with E-state index < -0.39 is 68.6 Å². The standard InChI is InChI=1S/C38H45N5O8S/c1-25-11-10-14-28(40-25)24-52(48,49)32(23-39-34(45)27-19-21-43(22-20-27)37(47)51-38(2,3)4)35(46)41-30(18-17-26-12-6-5-7-13-26)33(44)36-42-29-15-8-9-16-31(29)50-36/h5-16,27,30,32H,17-24H2,1-4H3,(H,39,45)(H,41,46). The summed E-state index contributed by atoms with van der Waals surface area (Å²) in [6.45, 7) is 7.09. The number of carbonyl (C=O) groups excluding carboxylic acids is 4. The van der Waals surface area contributed by atoms with E-state index in [0.29, 0.717) is 36.1 Å². The van der Waals surface area contributed by atoms with Crippen molar-refractivity contribution in [1.29, 1.82) is 0 Å². The molecular weight excluding hydrogens is 687 g/mol. The molecule has 1 aliphatic heterocycles. The van der Waals surface area contributed by atoms with E-state index in [4.69, 9.17) is 9.15 Å². The van der Waals surface area contributed by atoms with Crippen LogP contribution >= 0.6 is 0 Å². The molecule has 2 unspecified atom stereocenters. The molecule has 2 N–H and O–H groups in total. The van der Waals surface area contributed by atoms with Crippen LogP contribution in [-0.2, 0) is 36.3 Å². The molecule has 0 saturated carbocycles. The molecule has 52 heavy (non-hydrogen) atoms. The lowest BCUT2D eigenvalue weighted by molar-refractivity contribution is -0.126. The number of nitrogens with zero attached hydrogens (tertiary/aromatic N) is 3. The molecule has 1 saturated heterocycles. The molecule has 3 amide bonds. The maximum absolute atomic E-state index is 14.1. The lowest BCUT2D eigenvalue weighted by atomic mass is 9.96. The van der Waals surface area contributed by atoms with E-state index >= 15 is 0 Å². The van der Waals surface area contributed by atoms with Gasteiger partial charge in [-0.15, -0.1) is 0 Å². The number of benzene rings is 2. The Hall–Kier alpha value is -5.11. The van der Waals surface area contributed by atoms with Crippen LogP contribution in [0.1, 0.15) is 67.7 Å². The van der Waals surface area contributed by atoms with Gasteiger partial charge in [0.05, 0.1) is 17.5 Å². The number of aromatic nitrogens is 2. The normalized spacial score (nSPS) is 15.1. The number of amides is 3. The van der Waals surface area contributed by atoms with E-state index in [1.165, 1.54) is 4.90 Å². The predicted octanol–water partition coefficient (Wildman–Crippen LogP) is 4.58. The Labute approximate surface area is 303 Å². The number of ether oxygens (including phenoxy) is 1. The second kappa shape index (κ2) is 16.5. The summed E-state index contributed by atoms with van der Waals surface area (Å²) in [5, 5.41) is 3.60. The van der Waals surface area contributed by atoms with E-state index in [0.717, 1.165) is 5.56 Å². The van der Waals surface area contributed by atoms with Gasteiger partial charge in [-0.3, -0.25) is 19.4 Å². The zero-order valence-corrected chi connectivity index (χ0v) is 30.6. The van der Waals surface area contributed by atoms with Crippen molar-refractivity contribution in [3.8, 4) is 0 Å². The number of ketones is 1. The molecule has 0 radical (unpaired) electrons. The van der Waals surface area contributed by atoms with Crippen LogP contribution in [0.2, 0.25) is 0 Å². The minimum atomic E-state index is -4.29. The molecule has 2 aromatic heterocycles. The van der Waals surface area contributed by atoms with E-state index in [2.05, 4.69) is 20.6 Å². The Bertz CT molecular complexity index is 1970. The summed E-state index contributed by atoms with van der Waals surface area (Å²) < 4.78 is 39.1. The van der Waals surface area contributed by atoms with Gasteiger partial charge in [-0.05, 0) is 83.2 Å². The third kappa shape index (κ3) is 10.2. The Balaban J connectivity index is 1.35. The monoisotopic (exact) mass is 731 g/mol. The number of nitrogens with one attached hydrogen (secondary N) is 2. The smallest absolute Gasteiger partial charge is 0.410 e. The highest BCUT2D eigenvalue weighted by Crippen LogP contribution is 2.22. The molecule has 4 aromatic rings. The van der Waals surface area contributed by atoms with Crippen LogP contribution in [0.4, 0.5) is 4.79 Å². The Morgan fingerprint density at radius 2 is 1.63 bits per heavy atom. The molecule has 13 nitrogen and oxygen atoms in total. The summed E-state index contributed by atoms with van der Waals surface area (Å²) in [4.78, 5) is 64.0. The summed E-state index contributed by atoms with van der Waals surface area (Å²) >= 11 is 0. The molecular formula is C38H45N5O8S. The predicted molar refractivity (Wildman–Crippen MR) is 194 cm³/mol. The number of rotatable bonds is 13. The van der Waals surface area contributed by atoms with Crippen molar-refractivity contribution >= 4 is 44.6 Å². The van der Waals surface area contributed by atoms with Crippen molar-refractivity contribution in [2.75, 3.05) is 19.6 Å². The molecule has 14 heteroatoms. The van der Waals surface area contributed by atoms with Crippen LogP contribution in [0.25, 0.3) is 11.1 Å². The Kier molecular flexibility index (Phi) is 12.1. The van der Waals surface area contributed by atoms with E-state index in [1.807, 2.05) is 30.3 Å². The molecule has 0 spiro atoms. The molecule has 3 heterocycles. The summed E-state index contributed by atoms with van der Waals surface area (Å²) in [7, 11) is -4.29. The first kappa shape index (κ1) is 38.1. The quantitative estimate of drug-likeness (QED) is 0.185. The lowest BCUT2D eigenvalue weighted by Gasteiger charge is -2.33. The molecule has 5 rings (SSSR count). The number of pyridine rings is 1. The van der Waals surface area contributed by atoms with Crippen LogP contribution in [0.5, 0.6) is 0 Å². The average Bonchev–Trinajstić information content (AvgIpc) is 3.54. The first-order valence-electron chi connectivity index (χ1n) is 17.3. The second-order valence-corrected chi connectivity index (χ2v) is 16.2. The first-order valence-corrected chi connectivity index (χ1v) is 19.0. The fourth-order valence-corrected chi connectivity index (χ4v) is 7.48. The van der Waals surface area contributed by atoms with Gasteiger partial charge in [0.1, 0.15) is 11.1 Å². The highest BCUT2D eigenvalue weighted by atomic mass is 32.2. The first-order chi connectivity index (χ1) is 24.7. The number of sulfone groups is 1. The number of hydrogen-bond acceptors (Lipinski definition) is 10. The van der Waals surface area contributed by atoms with Crippen LogP contribution in [-0.4, -0.2) is 83.5 Å². The fourth-order valence-electron chi connectivity index (χ4n) is 5.97. The van der Waals surface area contributed by atoms with Crippen LogP contribution in [0, 0.1) is 12.8 Å². The summed E-state index contributed by atoms with van der Waals surface area (Å²) in [5.74, 6) is -3.29. The third-order valence-electron chi connectivity index (χ3n) is 8.70. The van der Waals surface area contributed by atoms with Crippen LogP contribution < -0.4 is 10.6 Å². The van der Waals surface area contributed by atoms with Crippen LogP contribution in [0.15, 0.2) is 77.2 Å². The summed E-state index contributed by atoms with van der Waals surface area (Å²) in [6.07, 6.45) is 0.724. The molecule has 1 fully saturated rings. The Morgan fingerprint density at radius 1 is 0.942 bits per heavy atom. The highest BCUT2D eigenvalue weighted by molar-refractivity contribution is 7.92. The Morgan fingerprint density at radius 3 is 2.31 bits per heavy atom. The molecule has 0 bridgehead atoms. The lowest BCUT2D eigenvalue weighted by Crippen LogP contribution is -2.53. The van der Waals surface area contributed by atoms with Gasteiger partial charge in [0.15, 0.2) is 20.7 Å². The van der Waals surface area contributed by atoms with Gasteiger partial charge in [0.2, 0.25) is 17.6 Å². The van der Waals surface area contributed by atoms with Crippen LogP contribution in [0.3, 0.4) is 0 Å². The van der Waals surface area contributed by atoms with Gasteiger partial charge in [-0.2, -0.15) is 0 Å². The zero-order chi connectivity index (χ0) is 37.5.